The number of aliphatic hydroxyl groups is 1. The number of carbonyl (C=O) groups excluding carboxylic acids is 1. The van der Waals surface area contributed by atoms with Crippen LogP contribution in [-0.4, -0.2) is 40.6 Å². The number of carboxylic acid groups (broad SMARTS) is 1. The summed E-state index contributed by atoms with van der Waals surface area (Å²) in [5.74, 6) is -2.87. The second kappa shape index (κ2) is 5.09. The molecule has 0 aromatic rings. The molecule has 0 aromatic carbocycles. The lowest BCUT2D eigenvalue weighted by Crippen LogP contribution is -2.27. The Morgan fingerprint density at radius 2 is 1.92 bits per heavy atom. The molecule has 0 saturated carbocycles. The fourth-order valence-corrected chi connectivity index (χ4v) is 0.577. The smallest absolute Gasteiger partial charge is 0.372 e. The molecule has 0 unspecified atom stereocenters. The number of ketones is 1. The minimum absolute atomic E-state index is 0.179. The average Bonchev–Trinajstić information content (AvgIpc) is 2.00. The molecule has 0 aliphatic heterocycles. The van der Waals surface area contributed by atoms with E-state index < -0.39 is 24.3 Å². The summed E-state index contributed by atoms with van der Waals surface area (Å²) in [6, 6.07) is 0. The number of rotatable bonds is 5. The largest absolute Gasteiger partial charge is 0.475 e. The number of carboxylic acids is 1. The van der Waals surface area contributed by atoms with Crippen LogP contribution in [0.2, 0.25) is 0 Å². The number of carbonyl (C=O) groups is 2. The first-order valence-electron chi connectivity index (χ1n) is 3.43. The summed E-state index contributed by atoms with van der Waals surface area (Å²) in [5.41, 5.74) is 9.89. The Bertz CT molecular complexity index is 234. The number of nitrogens with zero attached hydrogens (tertiary/aromatic N) is 1. The lowest BCUT2D eigenvalue weighted by Gasteiger charge is -2.03. The van der Waals surface area contributed by atoms with Gasteiger partial charge in [-0.1, -0.05) is 0 Å². The van der Waals surface area contributed by atoms with Gasteiger partial charge in [0.05, 0.1) is 12.6 Å². The van der Waals surface area contributed by atoms with Gasteiger partial charge in [0.1, 0.15) is 0 Å². The van der Waals surface area contributed by atoms with Crippen LogP contribution in [0.25, 0.3) is 0 Å². The summed E-state index contributed by atoms with van der Waals surface area (Å²) < 4.78 is 0. The molecule has 7 heteroatoms. The topological polar surface area (TPSA) is 139 Å². The third-order valence-corrected chi connectivity index (χ3v) is 1.14. The molecule has 0 spiro atoms. The number of guanidine groups is 1. The molecule has 0 fully saturated rings. The zero-order chi connectivity index (χ0) is 10.4. The maximum Gasteiger partial charge on any atom is 0.372 e. The third-order valence-electron chi connectivity index (χ3n) is 1.14. The van der Waals surface area contributed by atoms with E-state index in [0.29, 0.717) is 0 Å². The molecule has 0 saturated heterocycles. The number of nitrogens with two attached hydrogens (primary N) is 2. The van der Waals surface area contributed by atoms with Crippen molar-refractivity contribution in [1.29, 1.82) is 0 Å². The van der Waals surface area contributed by atoms with Crippen molar-refractivity contribution in [3.8, 4) is 0 Å². The maximum atomic E-state index is 10.5. The molecular formula is C6H11N3O4. The monoisotopic (exact) mass is 189 g/mol. The van der Waals surface area contributed by atoms with Gasteiger partial charge in [-0.25, -0.2) is 4.79 Å². The quantitative estimate of drug-likeness (QED) is 0.217. The van der Waals surface area contributed by atoms with E-state index in [1.165, 1.54) is 0 Å². The number of hydrogen-bond acceptors (Lipinski definition) is 4. The molecule has 0 aromatic heterocycles. The Kier molecular flexibility index (Phi) is 4.45. The highest BCUT2D eigenvalue weighted by Gasteiger charge is 2.16. The molecule has 0 aliphatic carbocycles. The highest BCUT2D eigenvalue weighted by Crippen LogP contribution is 1.93. The predicted molar refractivity (Wildman–Crippen MR) is 43.9 cm³/mol. The molecule has 6 N–H and O–H groups in total. The SMILES string of the molecule is NC(N)=NC[C@@H](O)CC(=O)C(=O)O. The summed E-state index contributed by atoms with van der Waals surface area (Å²) in [6.45, 7) is -0.179. The van der Waals surface area contributed by atoms with Gasteiger partial charge >= 0.3 is 5.97 Å². The van der Waals surface area contributed by atoms with Crippen LogP contribution in [0.15, 0.2) is 4.99 Å². The fraction of sp³-hybridized carbons (Fsp3) is 0.500. The van der Waals surface area contributed by atoms with Gasteiger partial charge in [-0.15, -0.1) is 0 Å². The summed E-state index contributed by atoms with van der Waals surface area (Å²) >= 11 is 0. The van der Waals surface area contributed by atoms with E-state index in [2.05, 4.69) is 4.99 Å². The maximum absolute atomic E-state index is 10.5. The first-order chi connectivity index (χ1) is 5.93. The van der Waals surface area contributed by atoms with Gasteiger partial charge in [0.15, 0.2) is 5.96 Å². The van der Waals surface area contributed by atoms with Crippen molar-refractivity contribution in [2.75, 3.05) is 6.54 Å². The normalized spacial score (nSPS) is 11.8. The van der Waals surface area contributed by atoms with E-state index >= 15 is 0 Å². The van der Waals surface area contributed by atoms with Crippen molar-refractivity contribution in [3.63, 3.8) is 0 Å². The Morgan fingerprint density at radius 3 is 2.31 bits per heavy atom. The van der Waals surface area contributed by atoms with E-state index in [-0.39, 0.29) is 12.5 Å². The van der Waals surface area contributed by atoms with Crippen molar-refractivity contribution in [1.82, 2.24) is 0 Å². The number of aliphatic hydroxyl groups excluding tert-OH is 1. The molecule has 13 heavy (non-hydrogen) atoms. The lowest BCUT2D eigenvalue weighted by molar-refractivity contribution is -0.150. The second-order valence-electron chi connectivity index (χ2n) is 2.35. The number of aliphatic carboxylic acids is 1. The van der Waals surface area contributed by atoms with Crippen molar-refractivity contribution in [2.45, 2.75) is 12.5 Å². The van der Waals surface area contributed by atoms with Crippen molar-refractivity contribution < 1.29 is 19.8 Å². The van der Waals surface area contributed by atoms with E-state index in [9.17, 15) is 9.59 Å². The van der Waals surface area contributed by atoms with Crippen molar-refractivity contribution in [3.05, 3.63) is 0 Å². The zero-order valence-corrected chi connectivity index (χ0v) is 6.80. The minimum atomic E-state index is -1.58. The van der Waals surface area contributed by atoms with Crippen molar-refractivity contribution in [2.24, 2.45) is 16.5 Å². The molecule has 74 valence electrons. The zero-order valence-electron chi connectivity index (χ0n) is 6.80. The van der Waals surface area contributed by atoms with E-state index in [1.807, 2.05) is 0 Å². The fourth-order valence-electron chi connectivity index (χ4n) is 0.577. The highest BCUT2D eigenvalue weighted by atomic mass is 16.4. The highest BCUT2D eigenvalue weighted by molar-refractivity contribution is 6.32. The molecular weight excluding hydrogens is 178 g/mol. The number of Topliss-reactive ketones (excluding diaryl/α,β-unsaturated/α-hetero) is 1. The number of hydrogen-bond donors (Lipinski definition) is 4. The standard InChI is InChI=1S/C6H11N3O4/c7-6(8)9-2-3(10)1-4(11)5(12)13/h3,10H,1-2H2,(H,12,13)(H4,7,8,9)/t3-/m0/s1. The van der Waals surface area contributed by atoms with Crippen LogP contribution in [0.5, 0.6) is 0 Å². The minimum Gasteiger partial charge on any atom is -0.475 e. The van der Waals surface area contributed by atoms with E-state index in [1.54, 1.807) is 0 Å². The van der Waals surface area contributed by atoms with Crippen LogP contribution in [0, 0.1) is 0 Å². The van der Waals surface area contributed by atoms with Crippen LogP contribution in [0.1, 0.15) is 6.42 Å². The van der Waals surface area contributed by atoms with Gasteiger partial charge in [0, 0.05) is 6.42 Å². The average molecular weight is 189 g/mol. The van der Waals surface area contributed by atoms with Crippen molar-refractivity contribution >= 4 is 17.7 Å². The molecule has 0 heterocycles. The van der Waals surface area contributed by atoms with Crippen LogP contribution in [-0.2, 0) is 9.59 Å². The first-order valence-corrected chi connectivity index (χ1v) is 3.43. The van der Waals surface area contributed by atoms with E-state index in [4.69, 9.17) is 21.7 Å². The second-order valence-corrected chi connectivity index (χ2v) is 2.35. The van der Waals surface area contributed by atoms with Gasteiger partial charge in [-0.3, -0.25) is 9.79 Å². The van der Waals surface area contributed by atoms with Crippen LogP contribution >= 0.6 is 0 Å². The third kappa shape index (κ3) is 5.62. The van der Waals surface area contributed by atoms with Gasteiger partial charge < -0.3 is 21.7 Å². The molecule has 7 nitrogen and oxygen atoms in total. The molecule has 0 aliphatic rings. The summed E-state index contributed by atoms with van der Waals surface area (Å²) in [4.78, 5) is 24.0. The molecule has 0 bridgehead atoms. The van der Waals surface area contributed by atoms with Gasteiger partial charge in [0.2, 0.25) is 5.78 Å². The predicted octanol–water partition coefficient (Wildman–Crippen LogP) is -2.34. The Labute approximate surface area is 74.1 Å². The first kappa shape index (κ1) is 11.4. The van der Waals surface area contributed by atoms with Crippen LogP contribution < -0.4 is 11.5 Å². The van der Waals surface area contributed by atoms with E-state index in [0.717, 1.165) is 0 Å². The summed E-state index contributed by atoms with van der Waals surface area (Å²) in [5, 5.41) is 17.2. The lowest BCUT2D eigenvalue weighted by atomic mass is 10.2. The molecule has 0 amide bonds. The Hall–Kier alpha value is -1.63. The molecule has 0 radical (unpaired) electrons. The summed E-state index contributed by atoms with van der Waals surface area (Å²) in [7, 11) is 0. The van der Waals surface area contributed by atoms with Gasteiger partial charge in [0.25, 0.3) is 0 Å². The number of aliphatic imine (C=N–C) groups is 1. The van der Waals surface area contributed by atoms with Crippen LogP contribution in [0.4, 0.5) is 0 Å². The molecule has 0 rings (SSSR count). The van der Waals surface area contributed by atoms with Crippen LogP contribution in [0.3, 0.4) is 0 Å². The van der Waals surface area contributed by atoms with Gasteiger partial charge in [-0.05, 0) is 0 Å². The Balaban J connectivity index is 3.88. The van der Waals surface area contributed by atoms with Gasteiger partial charge in [-0.2, -0.15) is 0 Å². The molecule has 1 atom stereocenters. The Morgan fingerprint density at radius 1 is 1.38 bits per heavy atom. The summed E-state index contributed by atoms with van der Waals surface area (Å²) in [6.07, 6.45) is -1.66.